The molecule has 2 rings (SSSR count). The maximum Gasteiger partial charge on any atom is 0.261 e. The van der Waals surface area contributed by atoms with Gasteiger partial charge in [-0.05, 0) is 22.8 Å². The van der Waals surface area contributed by atoms with Crippen molar-refractivity contribution in [2.75, 3.05) is 6.54 Å². The highest BCUT2D eigenvalue weighted by molar-refractivity contribution is 6.22. The SMILES string of the molecule is [N-]=[N+]=NC(=O)CN1C(=O)c2ccccc2C1=O. The highest BCUT2D eigenvalue weighted by atomic mass is 16.2. The third kappa shape index (κ3) is 1.75. The molecule has 0 unspecified atom stereocenters. The number of carbonyl (C=O) groups excluding carboxylic acids is 3. The fraction of sp³-hybridized carbons (Fsp3) is 0.100. The zero-order chi connectivity index (χ0) is 12.4. The minimum absolute atomic E-state index is 0.256. The summed E-state index contributed by atoms with van der Waals surface area (Å²) in [4.78, 5) is 37.7. The van der Waals surface area contributed by atoms with Gasteiger partial charge in [0.15, 0.2) is 0 Å². The Morgan fingerprint density at radius 2 is 1.76 bits per heavy atom. The van der Waals surface area contributed by atoms with Crippen molar-refractivity contribution in [2.45, 2.75) is 0 Å². The first-order valence-electron chi connectivity index (χ1n) is 4.68. The summed E-state index contributed by atoms with van der Waals surface area (Å²) in [6, 6.07) is 6.27. The van der Waals surface area contributed by atoms with E-state index < -0.39 is 24.3 Å². The van der Waals surface area contributed by atoms with Gasteiger partial charge in [-0.15, -0.1) is 0 Å². The summed E-state index contributed by atoms with van der Waals surface area (Å²) < 4.78 is 0. The second-order valence-electron chi connectivity index (χ2n) is 3.33. The molecule has 0 saturated heterocycles. The number of hydrogen-bond donors (Lipinski definition) is 0. The van der Waals surface area contributed by atoms with Crippen LogP contribution in [0.3, 0.4) is 0 Å². The molecule has 1 aromatic carbocycles. The van der Waals surface area contributed by atoms with Crippen molar-refractivity contribution in [2.24, 2.45) is 5.11 Å². The Bertz CT molecular complexity index is 540. The molecule has 0 radical (unpaired) electrons. The Hall–Kier alpha value is -2.66. The molecule has 0 saturated carbocycles. The average molecular weight is 230 g/mol. The number of hydrogen-bond acceptors (Lipinski definition) is 3. The molecule has 0 bridgehead atoms. The molecule has 1 heterocycles. The molecule has 0 N–H and O–H groups in total. The topological polar surface area (TPSA) is 103 Å². The van der Waals surface area contributed by atoms with Gasteiger partial charge in [-0.25, -0.2) is 0 Å². The van der Waals surface area contributed by atoms with Crippen LogP contribution in [0.2, 0.25) is 0 Å². The van der Waals surface area contributed by atoms with Crippen molar-refractivity contribution in [1.82, 2.24) is 4.90 Å². The molecule has 1 aromatic rings. The van der Waals surface area contributed by atoms with Crippen molar-refractivity contribution >= 4 is 17.7 Å². The summed E-state index contributed by atoms with van der Waals surface area (Å²) in [6.45, 7) is -0.531. The van der Waals surface area contributed by atoms with Gasteiger partial charge < -0.3 is 0 Å². The number of benzene rings is 1. The zero-order valence-electron chi connectivity index (χ0n) is 8.53. The molecule has 0 spiro atoms. The zero-order valence-corrected chi connectivity index (χ0v) is 8.53. The summed E-state index contributed by atoms with van der Waals surface area (Å²) in [7, 11) is 0. The summed E-state index contributed by atoms with van der Waals surface area (Å²) in [5.74, 6) is -1.97. The fourth-order valence-electron chi connectivity index (χ4n) is 1.60. The molecule has 7 heteroatoms. The second-order valence-corrected chi connectivity index (χ2v) is 3.33. The van der Waals surface area contributed by atoms with E-state index >= 15 is 0 Å². The van der Waals surface area contributed by atoms with Crippen molar-refractivity contribution in [3.63, 3.8) is 0 Å². The highest BCUT2D eigenvalue weighted by Gasteiger charge is 2.35. The van der Waals surface area contributed by atoms with E-state index in [2.05, 4.69) is 10.0 Å². The number of nitrogens with zero attached hydrogens (tertiary/aromatic N) is 4. The number of rotatable bonds is 2. The predicted molar refractivity (Wildman–Crippen MR) is 56.0 cm³/mol. The maximum absolute atomic E-state index is 11.8. The third-order valence-corrected chi connectivity index (χ3v) is 2.33. The van der Waals surface area contributed by atoms with E-state index in [1.54, 1.807) is 12.1 Å². The van der Waals surface area contributed by atoms with E-state index in [4.69, 9.17) is 5.53 Å². The normalized spacial score (nSPS) is 13.3. The third-order valence-electron chi connectivity index (χ3n) is 2.33. The van der Waals surface area contributed by atoms with Gasteiger partial charge in [-0.2, -0.15) is 0 Å². The lowest BCUT2D eigenvalue weighted by molar-refractivity contribution is -0.118. The molecule has 0 fully saturated rings. The first-order chi connectivity index (χ1) is 8.15. The maximum atomic E-state index is 11.8. The van der Waals surface area contributed by atoms with Crippen LogP contribution in [0.15, 0.2) is 29.4 Å². The standard InChI is InChI=1S/C10H6N4O3/c11-13-12-8(15)5-14-9(16)6-3-1-2-4-7(6)10(14)17/h1-4H,5H2. The van der Waals surface area contributed by atoms with E-state index in [0.29, 0.717) is 0 Å². The molecule has 3 amide bonds. The molecule has 0 aliphatic carbocycles. The first-order valence-corrected chi connectivity index (χ1v) is 4.68. The minimum Gasteiger partial charge on any atom is -0.291 e. The van der Waals surface area contributed by atoms with Crippen LogP contribution < -0.4 is 0 Å². The molecular formula is C10H6N4O3. The van der Waals surface area contributed by atoms with Gasteiger partial charge in [-0.3, -0.25) is 19.3 Å². The Morgan fingerprint density at radius 3 is 2.24 bits per heavy atom. The number of azide groups is 1. The summed E-state index contributed by atoms with van der Waals surface area (Å²) in [6.07, 6.45) is 0. The van der Waals surface area contributed by atoms with Gasteiger partial charge in [0.2, 0.25) is 5.91 Å². The van der Waals surface area contributed by atoms with Crippen LogP contribution in [-0.4, -0.2) is 29.2 Å². The predicted octanol–water partition coefficient (Wildman–Crippen LogP) is 1.12. The molecule has 0 aromatic heterocycles. The van der Waals surface area contributed by atoms with E-state index in [1.807, 2.05) is 0 Å². The number of fused-ring (bicyclic) bond motifs is 1. The van der Waals surface area contributed by atoms with Crippen LogP contribution in [0.25, 0.3) is 10.4 Å². The first kappa shape index (κ1) is 10.8. The van der Waals surface area contributed by atoms with Crippen LogP contribution in [0.5, 0.6) is 0 Å². The van der Waals surface area contributed by atoms with Crippen LogP contribution in [-0.2, 0) is 4.79 Å². The molecule has 1 aliphatic rings. The van der Waals surface area contributed by atoms with Crippen LogP contribution in [0.4, 0.5) is 0 Å². The van der Waals surface area contributed by atoms with Gasteiger partial charge in [0.05, 0.1) is 17.7 Å². The monoisotopic (exact) mass is 230 g/mol. The lowest BCUT2D eigenvalue weighted by Gasteiger charge is -2.10. The van der Waals surface area contributed by atoms with Crippen molar-refractivity contribution in [1.29, 1.82) is 0 Å². The van der Waals surface area contributed by atoms with Crippen LogP contribution in [0.1, 0.15) is 20.7 Å². The smallest absolute Gasteiger partial charge is 0.261 e. The second kappa shape index (κ2) is 4.07. The van der Waals surface area contributed by atoms with E-state index in [9.17, 15) is 14.4 Å². The average Bonchev–Trinajstić information content (AvgIpc) is 2.56. The molecule has 17 heavy (non-hydrogen) atoms. The summed E-state index contributed by atoms with van der Waals surface area (Å²) in [5, 5.41) is 2.82. The largest absolute Gasteiger partial charge is 0.291 e. The van der Waals surface area contributed by atoms with Crippen molar-refractivity contribution < 1.29 is 14.4 Å². The van der Waals surface area contributed by atoms with Crippen LogP contribution >= 0.6 is 0 Å². The molecule has 7 nitrogen and oxygen atoms in total. The highest BCUT2D eigenvalue weighted by Crippen LogP contribution is 2.21. The minimum atomic E-state index is -0.873. The van der Waals surface area contributed by atoms with Crippen molar-refractivity contribution in [3.8, 4) is 0 Å². The quantitative estimate of drug-likeness (QED) is 0.329. The van der Waals surface area contributed by atoms with Crippen molar-refractivity contribution in [3.05, 3.63) is 45.8 Å². The van der Waals surface area contributed by atoms with Gasteiger partial charge in [0.1, 0.15) is 0 Å². The van der Waals surface area contributed by atoms with E-state index in [-0.39, 0.29) is 11.1 Å². The molecule has 1 aliphatic heterocycles. The number of carbonyl (C=O) groups is 3. The van der Waals surface area contributed by atoms with E-state index in [0.717, 1.165) is 4.90 Å². The molecular weight excluding hydrogens is 224 g/mol. The van der Waals surface area contributed by atoms with Gasteiger partial charge >= 0.3 is 0 Å². The van der Waals surface area contributed by atoms with Gasteiger partial charge in [0, 0.05) is 4.91 Å². The van der Waals surface area contributed by atoms with E-state index in [1.165, 1.54) is 12.1 Å². The Balaban J connectivity index is 2.30. The lowest BCUT2D eigenvalue weighted by atomic mass is 10.1. The van der Waals surface area contributed by atoms with Gasteiger partial charge in [0.25, 0.3) is 11.8 Å². The lowest BCUT2D eigenvalue weighted by Crippen LogP contribution is -2.34. The molecule has 0 atom stereocenters. The Morgan fingerprint density at radius 1 is 1.24 bits per heavy atom. The summed E-state index contributed by atoms with van der Waals surface area (Å²) in [5.41, 5.74) is 8.58. The van der Waals surface area contributed by atoms with Gasteiger partial charge in [-0.1, -0.05) is 12.1 Å². The Labute approximate surface area is 95.3 Å². The number of amides is 3. The fourth-order valence-corrected chi connectivity index (χ4v) is 1.60. The summed E-state index contributed by atoms with van der Waals surface area (Å²) >= 11 is 0. The Kier molecular flexibility index (Phi) is 2.60. The van der Waals surface area contributed by atoms with Crippen LogP contribution in [0, 0.1) is 0 Å². The number of imide groups is 1. The molecule has 84 valence electrons.